The first-order valence-corrected chi connectivity index (χ1v) is 9.50. The molecule has 2 aliphatic carbocycles. The van der Waals surface area contributed by atoms with Crippen molar-refractivity contribution in [3.05, 3.63) is 40.3 Å². The number of nitrogens with one attached hydrogen (secondary N) is 1. The van der Waals surface area contributed by atoms with E-state index in [0.29, 0.717) is 11.3 Å². The topological polar surface area (TPSA) is 66.4 Å². The average Bonchev–Trinajstić information content (AvgIpc) is 2.54. The predicted octanol–water partition coefficient (Wildman–Crippen LogP) is 2.44. The number of rotatable bonds is 4. The van der Waals surface area contributed by atoms with Crippen molar-refractivity contribution in [2.75, 3.05) is 6.61 Å². The Morgan fingerprint density at radius 2 is 1.91 bits per heavy atom. The second-order valence-corrected chi connectivity index (χ2v) is 8.03. The molecule has 0 spiro atoms. The van der Waals surface area contributed by atoms with Crippen LogP contribution in [0.3, 0.4) is 0 Å². The summed E-state index contributed by atoms with van der Waals surface area (Å²) in [7, 11) is -3.47. The van der Waals surface area contributed by atoms with Gasteiger partial charge in [0.05, 0.1) is 4.91 Å². The van der Waals surface area contributed by atoms with Gasteiger partial charge in [0.2, 0.25) is 10.0 Å². The van der Waals surface area contributed by atoms with Gasteiger partial charge in [-0.2, -0.15) is 0 Å². The Hall–Kier alpha value is -1.17. The Labute approximate surface area is 132 Å². The quantitative estimate of drug-likeness (QED) is 0.895. The van der Waals surface area contributed by atoms with Crippen molar-refractivity contribution in [2.24, 2.45) is 5.92 Å². The molecule has 2 aliphatic rings. The fourth-order valence-electron chi connectivity index (χ4n) is 3.47. The molecular formula is C17H23NO3S. The number of aliphatic hydroxyl groups is 1. The molecular weight excluding hydrogens is 298 g/mol. The van der Waals surface area contributed by atoms with Crippen LogP contribution in [0.2, 0.25) is 0 Å². The molecule has 1 fully saturated rings. The summed E-state index contributed by atoms with van der Waals surface area (Å²) in [5.41, 5.74) is 2.20. The molecule has 5 heteroatoms. The SMILES string of the molecule is O=S(=O)(NC1CCCCC1CO)C1=Cc2ccccc2CC1. The van der Waals surface area contributed by atoms with Gasteiger partial charge in [-0.3, -0.25) is 0 Å². The summed E-state index contributed by atoms with van der Waals surface area (Å²) in [5.74, 6) is 0.0417. The lowest BCUT2D eigenvalue weighted by Gasteiger charge is -2.31. The van der Waals surface area contributed by atoms with Gasteiger partial charge in [0.25, 0.3) is 0 Å². The van der Waals surface area contributed by atoms with E-state index in [1.165, 1.54) is 5.56 Å². The van der Waals surface area contributed by atoms with Crippen LogP contribution in [0.4, 0.5) is 0 Å². The van der Waals surface area contributed by atoms with Crippen LogP contribution >= 0.6 is 0 Å². The minimum Gasteiger partial charge on any atom is -0.396 e. The molecule has 0 heterocycles. The molecule has 1 aromatic carbocycles. The maximum Gasteiger partial charge on any atom is 0.236 e. The first-order valence-electron chi connectivity index (χ1n) is 8.02. The van der Waals surface area contributed by atoms with Crippen LogP contribution in [-0.2, 0) is 16.4 Å². The number of benzene rings is 1. The van der Waals surface area contributed by atoms with E-state index in [1.807, 2.05) is 24.3 Å². The molecule has 2 unspecified atom stereocenters. The van der Waals surface area contributed by atoms with Gasteiger partial charge in [-0.15, -0.1) is 0 Å². The van der Waals surface area contributed by atoms with Crippen molar-refractivity contribution in [3.63, 3.8) is 0 Å². The van der Waals surface area contributed by atoms with Gasteiger partial charge < -0.3 is 5.11 Å². The summed E-state index contributed by atoms with van der Waals surface area (Å²) in [6, 6.07) is 7.79. The summed E-state index contributed by atoms with van der Waals surface area (Å²) >= 11 is 0. The molecule has 1 saturated carbocycles. The minimum absolute atomic E-state index is 0.0417. The molecule has 1 aromatic rings. The largest absolute Gasteiger partial charge is 0.396 e. The standard InChI is InChI=1S/C17H23NO3S/c19-12-15-7-3-4-8-17(15)18-22(20,21)16-10-9-13-5-1-2-6-14(13)11-16/h1-2,5-6,11,15,17-19H,3-4,7-10,12H2. The van der Waals surface area contributed by atoms with Gasteiger partial charge in [0, 0.05) is 12.6 Å². The van der Waals surface area contributed by atoms with E-state index in [1.54, 1.807) is 6.08 Å². The number of allylic oxidation sites excluding steroid dienone is 1. The normalized spacial score (nSPS) is 25.4. The van der Waals surface area contributed by atoms with E-state index in [2.05, 4.69) is 4.72 Å². The monoisotopic (exact) mass is 321 g/mol. The third kappa shape index (κ3) is 3.26. The molecule has 0 amide bonds. The van der Waals surface area contributed by atoms with Crippen molar-refractivity contribution in [1.29, 1.82) is 0 Å². The highest BCUT2D eigenvalue weighted by molar-refractivity contribution is 7.93. The molecule has 2 atom stereocenters. The van der Waals surface area contributed by atoms with E-state index >= 15 is 0 Å². The number of sulfonamides is 1. The van der Waals surface area contributed by atoms with Crippen LogP contribution in [0.25, 0.3) is 6.08 Å². The zero-order chi connectivity index (χ0) is 15.6. The van der Waals surface area contributed by atoms with Crippen molar-refractivity contribution >= 4 is 16.1 Å². The Morgan fingerprint density at radius 3 is 2.73 bits per heavy atom. The highest BCUT2D eigenvalue weighted by atomic mass is 32.2. The fourth-order valence-corrected chi connectivity index (χ4v) is 4.99. The van der Waals surface area contributed by atoms with E-state index in [4.69, 9.17) is 0 Å². The van der Waals surface area contributed by atoms with Crippen LogP contribution < -0.4 is 4.72 Å². The smallest absolute Gasteiger partial charge is 0.236 e. The van der Waals surface area contributed by atoms with E-state index in [9.17, 15) is 13.5 Å². The summed E-state index contributed by atoms with van der Waals surface area (Å²) in [6.07, 6.45) is 6.89. The number of aliphatic hydroxyl groups excluding tert-OH is 1. The van der Waals surface area contributed by atoms with Crippen LogP contribution in [0, 0.1) is 5.92 Å². The molecule has 0 aliphatic heterocycles. The molecule has 0 radical (unpaired) electrons. The van der Waals surface area contributed by atoms with E-state index < -0.39 is 10.0 Å². The lowest BCUT2D eigenvalue weighted by Crippen LogP contribution is -2.43. The maximum atomic E-state index is 12.7. The number of fused-ring (bicyclic) bond motifs is 1. The Balaban J connectivity index is 1.80. The third-order valence-electron chi connectivity index (χ3n) is 4.81. The maximum absolute atomic E-state index is 12.7. The molecule has 4 nitrogen and oxygen atoms in total. The lowest BCUT2D eigenvalue weighted by atomic mass is 9.86. The highest BCUT2D eigenvalue weighted by Gasteiger charge is 2.30. The van der Waals surface area contributed by atoms with Crippen molar-refractivity contribution in [1.82, 2.24) is 4.72 Å². The van der Waals surface area contributed by atoms with Gasteiger partial charge in [0.1, 0.15) is 0 Å². The number of aryl methyl sites for hydroxylation is 1. The van der Waals surface area contributed by atoms with Crippen LogP contribution in [-0.4, -0.2) is 26.2 Å². The van der Waals surface area contributed by atoms with Gasteiger partial charge in [0.15, 0.2) is 0 Å². The van der Waals surface area contributed by atoms with Gasteiger partial charge in [-0.05, 0) is 48.8 Å². The highest BCUT2D eigenvalue weighted by Crippen LogP contribution is 2.29. The molecule has 120 valence electrons. The minimum atomic E-state index is -3.47. The first kappa shape index (κ1) is 15.7. The molecule has 22 heavy (non-hydrogen) atoms. The van der Waals surface area contributed by atoms with Gasteiger partial charge in [-0.25, -0.2) is 13.1 Å². The van der Waals surface area contributed by atoms with E-state index in [0.717, 1.165) is 37.7 Å². The Kier molecular flexibility index (Phi) is 4.66. The summed E-state index contributed by atoms with van der Waals surface area (Å²) in [4.78, 5) is 0.466. The van der Waals surface area contributed by atoms with Crippen molar-refractivity contribution in [2.45, 2.75) is 44.6 Å². The summed E-state index contributed by atoms with van der Waals surface area (Å²) in [5, 5.41) is 9.45. The first-order chi connectivity index (χ1) is 10.6. The lowest BCUT2D eigenvalue weighted by molar-refractivity contribution is 0.164. The molecule has 0 bridgehead atoms. The third-order valence-corrected chi connectivity index (χ3v) is 6.43. The molecule has 0 saturated heterocycles. The van der Waals surface area contributed by atoms with Crippen LogP contribution in [0.5, 0.6) is 0 Å². The number of hydrogen-bond donors (Lipinski definition) is 2. The Morgan fingerprint density at radius 1 is 1.14 bits per heavy atom. The van der Waals surface area contributed by atoms with Crippen molar-refractivity contribution in [3.8, 4) is 0 Å². The second kappa shape index (κ2) is 6.52. The average molecular weight is 321 g/mol. The molecule has 0 aromatic heterocycles. The van der Waals surface area contributed by atoms with Gasteiger partial charge >= 0.3 is 0 Å². The summed E-state index contributed by atoms with van der Waals surface area (Å²) < 4.78 is 28.2. The predicted molar refractivity (Wildman–Crippen MR) is 87.6 cm³/mol. The van der Waals surface area contributed by atoms with Crippen LogP contribution in [0.15, 0.2) is 29.2 Å². The second-order valence-electron chi connectivity index (χ2n) is 6.26. The van der Waals surface area contributed by atoms with Gasteiger partial charge in [-0.1, -0.05) is 37.1 Å². The number of hydrogen-bond acceptors (Lipinski definition) is 3. The molecule has 3 rings (SSSR count). The Bertz CT molecular complexity index is 666. The summed E-state index contributed by atoms with van der Waals surface area (Å²) in [6.45, 7) is 0.0507. The zero-order valence-electron chi connectivity index (χ0n) is 12.7. The fraction of sp³-hybridized carbons (Fsp3) is 0.529. The van der Waals surface area contributed by atoms with Crippen LogP contribution in [0.1, 0.15) is 43.2 Å². The van der Waals surface area contributed by atoms with E-state index in [-0.39, 0.29) is 18.6 Å². The zero-order valence-corrected chi connectivity index (χ0v) is 13.5. The molecule has 2 N–H and O–H groups in total. The van der Waals surface area contributed by atoms with Crippen molar-refractivity contribution < 1.29 is 13.5 Å².